The van der Waals surface area contributed by atoms with E-state index in [1.165, 1.54) is 47.8 Å². The van der Waals surface area contributed by atoms with Crippen LogP contribution in [0.2, 0.25) is 0 Å². The quantitative estimate of drug-likeness (QED) is 0.216. The van der Waals surface area contributed by atoms with E-state index in [9.17, 15) is 28.6 Å². The second-order valence-corrected chi connectivity index (χ2v) is 14.4. The fraction of sp³-hybridized carbons (Fsp3) is 0.297. The number of carbonyl (C=O) groups is 2. The molecule has 2 N–H and O–H groups in total. The molecular formula is C37H39BrF2N2O4S2. The molecule has 2 fully saturated rings. The lowest BCUT2D eigenvalue weighted by molar-refractivity contribution is -0.116. The van der Waals surface area contributed by atoms with Crippen molar-refractivity contribution in [3.05, 3.63) is 116 Å². The molecule has 2 saturated heterocycles. The Bertz CT molecular complexity index is 1680. The second-order valence-electron chi connectivity index (χ2n) is 11.4. The summed E-state index contributed by atoms with van der Waals surface area (Å²) < 4.78 is 27.9. The van der Waals surface area contributed by atoms with Gasteiger partial charge in [-0.2, -0.15) is 0 Å². The number of thioether (sulfide) groups is 2. The molecule has 0 bridgehead atoms. The Morgan fingerprint density at radius 2 is 1.00 bits per heavy atom. The van der Waals surface area contributed by atoms with Crippen molar-refractivity contribution >= 4 is 62.6 Å². The van der Waals surface area contributed by atoms with Gasteiger partial charge in [0.1, 0.15) is 33.9 Å². The molecule has 0 spiro atoms. The number of aryl methyl sites for hydroxylation is 5. The maximum Gasteiger partial charge on any atom is 0.238 e. The number of benzene rings is 4. The Morgan fingerprint density at radius 3 is 1.40 bits per heavy atom. The van der Waals surface area contributed by atoms with Crippen LogP contribution in [0.4, 0.5) is 20.2 Å². The molecule has 48 heavy (non-hydrogen) atoms. The number of halogens is 3. The van der Waals surface area contributed by atoms with Gasteiger partial charge in [-0.3, -0.25) is 19.4 Å². The summed E-state index contributed by atoms with van der Waals surface area (Å²) >= 11 is 6.35. The first kappa shape index (κ1) is 37.3. The number of hydrogen-bond acceptors (Lipinski definition) is 6. The smallest absolute Gasteiger partial charge is 0.238 e. The molecule has 6 nitrogen and oxygen atoms in total. The molecule has 0 saturated carbocycles. The van der Waals surface area contributed by atoms with Crippen molar-refractivity contribution in [1.82, 2.24) is 0 Å². The third-order valence-corrected chi connectivity index (χ3v) is 11.0. The van der Waals surface area contributed by atoms with E-state index >= 15 is 0 Å². The van der Waals surface area contributed by atoms with Crippen LogP contribution < -0.4 is 9.80 Å². The van der Waals surface area contributed by atoms with Crippen LogP contribution in [0.1, 0.15) is 63.5 Å². The van der Waals surface area contributed by atoms with Crippen LogP contribution in [0, 0.1) is 46.3 Å². The molecule has 2 aliphatic rings. The number of aromatic hydroxyl groups is 2. The second kappa shape index (κ2) is 15.8. The summed E-state index contributed by atoms with van der Waals surface area (Å²) in [5.74, 6) is 0.377. The first-order valence-corrected chi connectivity index (χ1v) is 18.3. The summed E-state index contributed by atoms with van der Waals surface area (Å²) in [7, 11) is 0. The number of phenolic OH excluding ortho intramolecular Hbond substituents is 2. The lowest BCUT2D eigenvalue weighted by atomic mass is 10.0. The van der Waals surface area contributed by atoms with Crippen LogP contribution in [0.15, 0.2) is 65.1 Å². The largest absolute Gasteiger partial charge is 0.507 e. The molecule has 2 aliphatic heterocycles. The van der Waals surface area contributed by atoms with Crippen molar-refractivity contribution in [1.29, 1.82) is 0 Å². The van der Waals surface area contributed by atoms with Crippen molar-refractivity contribution in [3.8, 4) is 11.5 Å². The first-order valence-electron chi connectivity index (χ1n) is 15.5. The normalized spacial score (nSPS) is 17.2. The number of phenols is 2. The summed E-state index contributed by atoms with van der Waals surface area (Å²) in [5, 5.41) is 19.4. The van der Waals surface area contributed by atoms with E-state index in [4.69, 9.17) is 0 Å². The molecule has 11 heteroatoms. The van der Waals surface area contributed by atoms with E-state index in [1.54, 1.807) is 28.0 Å². The van der Waals surface area contributed by atoms with Gasteiger partial charge in [0, 0.05) is 0 Å². The molecule has 254 valence electrons. The van der Waals surface area contributed by atoms with Gasteiger partial charge in [0.2, 0.25) is 11.8 Å². The highest BCUT2D eigenvalue weighted by Gasteiger charge is 2.36. The Labute approximate surface area is 297 Å². The summed E-state index contributed by atoms with van der Waals surface area (Å²) in [6, 6.07) is 16.4. The molecule has 2 unspecified atom stereocenters. The number of carbonyl (C=O) groups excluding carboxylic acids is 2. The standard InChI is InChI=1S/C18H18FNO2S.C17H15BrFNO2S.C2H6/c1-10-4-5-14(19)8-15(10)20-16(21)9-23-18(20)13-6-11(2)17(22)12(3)7-13;1-9-3-4-12(19)7-14(9)20-15(21)8-23-17(20)11-5-10(2)16(22)13(18)6-11;1-2/h4-8,18,22H,9H2,1-3H3;3-7,17,22H,8H2,1-2H3;1-2H3. The lowest BCUT2D eigenvalue weighted by Crippen LogP contribution is -2.28. The Balaban J connectivity index is 0.000000206. The van der Waals surface area contributed by atoms with E-state index in [0.29, 0.717) is 27.4 Å². The Hall–Kier alpha value is -3.54. The average molecular weight is 758 g/mol. The Kier molecular flexibility index (Phi) is 12.3. The van der Waals surface area contributed by atoms with Gasteiger partial charge in [0.05, 0.1) is 27.4 Å². The highest BCUT2D eigenvalue weighted by molar-refractivity contribution is 9.10. The summed E-state index contributed by atoms with van der Waals surface area (Å²) in [4.78, 5) is 28.1. The molecule has 2 amide bonds. The summed E-state index contributed by atoms with van der Waals surface area (Å²) in [6.07, 6.45) is 0. The Morgan fingerprint density at radius 1 is 0.625 bits per heavy atom. The third-order valence-electron chi connectivity index (χ3n) is 7.96. The fourth-order valence-electron chi connectivity index (χ4n) is 5.58. The van der Waals surface area contributed by atoms with Gasteiger partial charge >= 0.3 is 0 Å². The number of amides is 2. The zero-order valence-corrected chi connectivity index (χ0v) is 31.1. The van der Waals surface area contributed by atoms with Gasteiger partial charge in [-0.15, -0.1) is 23.5 Å². The van der Waals surface area contributed by atoms with Crippen LogP contribution in [-0.2, 0) is 9.59 Å². The number of hydrogen-bond donors (Lipinski definition) is 2. The third kappa shape index (κ3) is 7.84. The highest BCUT2D eigenvalue weighted by atomic mass is 79.9. The van der Waals surface area contributed by atoms with Gasteiger partial charge < -0.3 is 10.2 Å². The minimum absolute atomic E-state index is 0.0305. The summed E-state index contributed by atoms with van der Waals surface area (Å²) in [6.45, 7) is 13.2. The predicted octanol–water partition coefficient (Wildman–Crippen LogP) is 9.95. The van der Waals surface area contributed by atoms with Gasteiger partial charge in [-0.1, -0.05) is 26.0 Å². The van der Waals surface area contributed by atoms with Crippen LogP contribution in [-0.4, -0.2) is 33.5 Å². The topological polar surface area (TPSA) is 81.1 Å². The van der Waals surface area contributed by atoms with Crippen molar-refractivity contribution < 1.29 is 28.6 Å². The van der Waals surface area contributed by atoms with E-state index in [-0.39, 0.29) is 45.7 Å². The number of anilines is 2. The van der Waals surface area contributed by atoms with Gasteiger partial charge in [0.15, 0.2) is 0 Å². The fourth-order valence-corrected chi connectivity index (χ4v) is 8.46. The number of rotatable bonds is 4. The van der Waals surface area contributed by atoms with Crippen LogP contribution in [0.5, 0.6) is 11.5 Å². The average Bonchev–Trinajstić information content (AvgIpc) is 3.63. The van der Waals surface area contributed by atoms with Crippen LogP contribution in [0.25, 0.3) is 0 Å². The molecule has 4 aromatic carbocycles. The van der Waals surface area contributed by atoms with Crippen molar-refractivity contribution in [3.63, 3.8) is 0 Å². The first-order chi connectivity index (χ1) is 22.8. The maximum atomic E-state index is 13.7. The number of nitrogens with zero attached hydrogens (tertiary/aromatic N) is 2. The molecule has 6 rings (SSSR count). The molecule has 0 radical (unpaired) electrons. The molecule has 2 heterocycles. The van der Waals surface area contributed by atoms with E-state index in [0.717, 1.165) is 38.9 Å². The molecular weight excluding hydrogens is 718 g/mol. The molecule has 0 aliphatic carbocycles. The zero-order valence-electron chi connectivity index (χ0n) is 27.9. The van der Waals surface area contributed by atoms with Crippen LogP contribution in [0.3, 0.4) is 0 Å². The SMILES string of the molecule is CC.Cc1ccc(F)cc1N1C(=O)CSC1c1cc(C)c(O)c(Br)c1.Cc1ccc(F)cc1N1C(=O)CSC1c1cc(C)c(O)c(C)c1. The van der Waals surface area contributed by atoms with E-state index < -0.39 is 0 Å². The minimum atomic E-state index is -0.364. The van der Waals surface area contributed by atoms with Crippen LogP contribution >= 0.6 is 39.5 Å². The van der Waals surface area contributed by atoms with Crippen molar-refractivity contribution in [2.75, 3.05) is 21.3 Å². The monoisotopic (exact) mass is 756 g/mol. The molecule has 0 aromatic heterocycles. The predicted molar refractivity (Wildman–Crippen MR) is 197 cm³/mol. The van der Waals surface area contributed by atoms with Gasteiger partial charge in [0.25, 0.3) is 0 Å². The molecule has 4 aromatic rings. The van der Waals surface area contributed by atoms with E-state index in [2.05, 4.69) is 15.9 Å². The van der Waals surface area contributed by atoms with Crippen molar-refractivity contribution in [2.45, 2.75) is 59.2 Å². The lowest BCUT2D eigenvalue weighted by Gasteiger charge is -2.26. The highest BCUT2D eigenvalue weighted by Crippen LogP contribution is 2.46. The van der Waals surface area contributed by atoms with Gasteiger partial charge in [-0.25, -0.2) is 8.78 Å². The maximum absolute atomic E-state index is 13.7. The molecule has 2 atom stereocenters. The minimum Gasteiger partial charge on any atom is -0.507 e. The zero-order chi connectivity index (χ0) is 35.4. The summed E-state index contributed by atoms with van der Waals surface area (Å²) in [5.41, 5.74) is 7.02. The van der Waals surface area contributed by atoms with Gasteiger partial charge in [-0.05, 0) is 138 Å². The van der Waals surface area contributed by atoms with Crippen molar-refractivity contribution in [2.24, 2.45) is 0 Å². The van der Waals surface area contributed by atoms with E-state index in [1.807, 2.05) is 66.7 Å².